The van der Waals surface area contributed by atoms with Crippen LogP contribution in [0.5, 0.6) is 5.75 Å². The molecule has 0 spiro atoms. The predicted molar refractivity (Wildman–Crippen MR) is 119 cm³/mol. The summed E-state index contributed by atoms with van der Waals surface area (Å²) in [5, 5.41) is 17.9. The molecule has 0 fully saturated rings. The van der Waals surface area contributed by atoms with Gasteiger partial charge in [0.15, 0.2) is 0 Å². The zero-order valence-electron chi connectivity index (χ0n) is 17.1. The van der Waals surface area contributed by atoms with E-state index in [2.05, 4.69) is 32.0 Å². The molecule has 0 aliphatic rings. The number of ether oxygens (including phenoxy) is 1. The second-order valence-corrected chi connectivity index (χ2v) is 6.52. The van der Waals surface area contributed by atoms with Gasteiger partial charge in [-0.3, -0.25) is 0 Å². The number of carbonyl (C=O) groups is 1. The number of anilines is 3. The van der Waals surface area contributed by atoms with Crippen LogP contribution in [-0.2, 0) is 0 Å². The van der Waals surface area contributed by atoms with Gasteiger partial charge in [-0.05, 0) is 61.5 Å². The summed E-state index contributed by atoms with van der Waals surface area (Å²) in [7, 11) is 1.53. The maximum atomic E-state index is 11.8. The summed E-state index contributed by atoms with van der Waals surface area (Å²) in [5.74, 6) is 0.924. The number of nitriles is 1. The lowest BCUT2D eigenvalue weighted by molar-refractivity contribution is 0.252. The molecule has 0 saturated heterocycles. The van der Waals surface area contributed by atoms with E-state index in [1.807, 2.05) is 18.2 Å². The average Bonchev–Trinajstić information content (AvgIpc) is 2.80. The number of carbonyl (C=O) groups excluding carboxylic acids is 1. The largest absolute Gasteiger partial charge is 0.495 e. The van der Waals surface area contributed by atoms with Crippen molar-refractivity contribution < 1.29 is 9.53 Å². The molecule has 158 valence electrons. The van der Waals surface area contributed by atoms with Crippen LogP contribution in [0.1, 0.15) is 12.0 Å². The van der Waals surface area contributed by atoms with Crippen LogP contribution in [0.15, 0.2) is 54.7 Å². The summed E-state index contributed by atoms with van der Waals surface area (Å²) < 4.78 is 5.19. The quantitative estimate of drug-likeness (QED) is 0.413. The van der Waals surface area contributed by atoms with Crippen molar-refractivity contribution in [3.05, 3.63) is 60.3 Å². The van der Waals surface area contributed by atoms with Crippen molar-refractivity contribution in [3.63, 3.8) is 0 Å². The number of benzene rings is 2. The first kappa shape index (κ1) is 21.5. The van der Waals surface area contributed by atoms with Gasteiger partial charge in [-0.25, -0.2) is 14.8 Å². The number of hydrogen-bond donors (Lipinski definition) is 4. The molecular weight excluding hydrogens is 394 g/mol. The third-order valence-electron chi connectivity index (χ3n) is 4.34. The molecule has 9 heteroatoms. The number of nitrogens with one attached hydrogen (secondary N) is 3. The van der Waals surface area contributed by atoms with Gasteiger partial charge < -0.3 is 26.4 Å². The fourth-order valence-electron chi connectivity index (χ4n) is 2.78. The van der Waals surface area contributed by atoms with Crippen molar-refractivity contribution in [2.75, 3.05) is 30.8 Å². The third-order valence-corrected chi connectivity index (χ3v) is 4.34. The summed E-state index contributed by atoms with van der Waals surface area (Å²) in [6, 6.07) is 16.1. The van der Waals surface area contributed by atoms with E-state index in [1.165, 1.54) is 7.11 Å². The van der Waals surface area contributed by atoms with Crippen LogP contribution in [0.25, 0.3) is 11.3 Å². The first-order valence-corrected chi connectivity index (χ1v) is 9.66. The molecule has 0 unspecified atom stereocenters. The molecule has 0 aliphatic carbocycles. The molecular formula is C22H23N7O2. The molecule has 1 heterocycles. The Bertz CT molecular complexity index is 1080. The highest BCUT2D eigenvalue weighted by Crippen LogP contribution is 2.26. The van der Waals surface area contributed by atoms with Gasteiger partial charge in [-0.1, -0.05) is 0 Å². The van der Waals surface area contributed by atoms with Crippen molar-refractivity contribution in [1.82, 2.24) is 15.3 Å². The van der Waals surface area contributed by atoms with Crippen molar-refractivity contribution in [2.45, 2.75) is 6.42 Å². The summed E-state index contributed by atoms with van der Waals surface area (Å²) in [6.07, 6.45) is 2.37. The molecule has 0 bridgehead atoms. The third kappa shape index (κ3) is 5.91. The van der Waals surface area contributed by atoms with E-state index >= 15 is 0 Å². The van der Waals surface area contributed by atoms with Crippen molar-refractivity contribution >= 4 is 23.4 Å². The van der Waals surface area contributed by atoms with Crippen molar-refractivity contribution in [3.8, 4) is 23.1 Å². The highest BCUT2D eigenvalue weighted by atomic mass is 16.5. The van der Waals surface area contributed by atoms with Crippen LogP contribution in [0.4, 0.5) is 22.1 Å². The van der Waals surface area contributed by atoms with Crippen LogP contribution in [0.2, 0.25) is 0 Å². The van der Waals surface area contributed by atoms with Crippen LogP contribution in [-0.4, -0.2) is 36.2 Å². The standard InChI is InChI=1S/C22H23N7O2/c1-31-20-8-3-15(13-16(20)14-24)19-9-12-25-21(29-19)27-17-4-6-18(7-5-17)28-22(30)26-11-2-10-23/h3-9,12-13H,2,10-11,23H2,1H3,(H,25,27,29)(H2,26,28,30). The highest BCUT2D eigenvalue weighted by molar-refractivity contribution is 5.89. The maximum absolute atomic E-state index is 11.8. The molecule has 3 rings (SSSR count). The molecule has 1 aromatic heterocycles. The van der Waals surface area contributed by atoms with Gasteiger partial charge in [0.25, 0.3) is 0 Å². The van der Waals surface area contributed by atoms with E-state index < -0.39 is 0 Å². The second kappa shape index (κ2) is 10.6. The van der Waals surface area contributed by atoms with Crippen molar-refractivity contribution in [1.29, 1.82) is 5.26 Å². The molecule has 2 aromatic carbocycles. The fourth-order valence-corrected chi connectivity index (χ4v) is 2.78. The Hall–Kier alpha value is -4.16. The van der Waals surface area contributed by atoms with Crippen LogP contribution in [0, 0.1) is 11.3 Å². The minimum Gasteiger partial charge on any atom is -0.495 e. The summed E-state index contributed by atoms with van der Waals surface area (Å²) in [5.41, 5.74) is 8.71. The van der Waals surface area contributed by atoms with Crippen LogP contribution < -0.4 is 26.4 Å². The van der Waals surface area contributed by atoms with Crippen molar-refractivity contribution in [2.24, 2.45) is 5.73 Å². The first-order chi connectivity index (χ1) is 15.1. The summed E-state index contributed by atoms with van der Waals surface area (Å²) in [4.78, 5) is 20.6. The normalized spacial score (nSPS) is 10.1. The number of amides is 2. The lowest BCUT2D eigenvalue weighted by Crippen LogP contribution is -2.30. The Labute approximate surface area is 180 Å². The Morgan fingerprint density at radius 2 is 1.94 bits per heavy atom. The van der Waals surface area contributed by atoms with E-state index in [1.54, 1.807) is 36.5 Å². The number of hydrogen-bond acceptors (Lipinski definition) is 7. The highest BCUT2D eigenvalue weighted by Gasteiger charge is 2.08. The average molecular weight is 417 g/mol. The van der Waals surface area contributed by atoms with Gasteiger partial charge in [0, 0.05) is 29.7 Å². The van der Waals surface area contributed by atoms with E-state index in [0.717, 1.165) is 17.7 Å². The molecule has 9 nitrogen and oxygen atoms in total. The molecule has 3 aromatic rings. The van der Waals surface area contributed by atoms with Crippen LogP contribution >= 0.6 is 0 Å². The number of nitrogens with zero attached hydrogens (tertiary/aromatic N) is 3. The zero-order valence-corrected chi connectivity index (χ0v) is 17.1. The van der Waals surface area contributed by atoms with E-state index in [-0.39, 0.29) is 6.03 Å². The molecule has 0 aliphatic heterocycles. The monoisotopic (exact) mass is 417 g/mol. The first-order valence-electron chi connectivity index (χ1n) is 9.66. The Morgan fingerprint density at radius 1 is 1.16 bits per heavy atom. The van der Waals surface area contributed by atoms with Gasteiger partial charge >= 0.3 is 6.03 Å². The second-order valence-electron chi connectivity index (χ2n) is 6.52. The smallest absolute Gasteiger partial charge is 0.319 e. The zero-order chi connectivity index (χ0) is 22.1. The van der Waals surface area contributed by atoms with E-state index in [4.69, 9.17) is 10.5 Å². The van der Waals surface area contributed by atoms with Gasteiger partial charge in [0.2, 0.25) is 5.95 Å². The Balaban J connectivity index is 1.67. The lowest BCUT2D eigenvalue weighted by Gasteiger charge is -2.10. The van der Waals surface area contributed by atoms with E-state index in [9.17, 15) is 10.1 Å². The van der Waals surface area contributed by atoms with Gasteiger partial charge in [0.05, 0.1) is 18.4 Å². The summed E-state index contributed by atoms with van der Waals surface area (Å²) in [6.45, 7) is 1.06. The van der Waals surface area contributed by atoms with Gasteiger partial charge in [0.1, 0.15) is 11.8 Å². The lowest BCUT2D eigenvalue weighted by atomic mass is 10.1. The Morgan fingerprint density at radius 3 is 2.65 bits per heavy atom. The number of rotatable bonds is 8. The summed E-state index contributed by atoms with van der Waals surface area (Å²) >= 11 is 0. The molecule has 2 amide bonds. The van der Waals surface area contributed by atoms with Gasteiger partial charge in [-0.2, -0.15) is 5.26 Å². The number of methoxy groups -OCH3 is 1. The Kier molecular flexibility index (Phi) is 7.35. The molecule has 31 heavy (non-hydrogen) atoms. The fraction of sp³-hybridized carbons (Fsp3) is 0.182. The van der Waals surface area contributed by atoms with Gasteiger partial charge in [-0.15, -0.1) is 0 Å². The molecule has 0 atom stereocenters. The minimum atomic E-state index is -0.276. The minimum absolute atomic E-state index is 0.276. The van der Waals surface area contributed by atoms with E-state index in [0.29, 0.717) is 41.7 Å². The topological polar surface area (TPSA) is 138 Å². The molecule has 0 saturated carbocycles. The molecule has 5 N–H and O–H groups in total. The van der Waals surface area contributed by atoms with Crippen LogP contribution in [0.3, 0.4) is 0 Å². The number of aromatic nitrogens is 2. The predicted octanol–water partition coefficient (Wildman–Crippen LogP) is 3.24. The number of nitrogens with two attached hydrogens (primary N) is 1. The molecule has 0 radical (unpaired) electrons. The SMILES string of the molecule is COc1ccc(-c2ccnc(Nc3ccc(NC(=O)NCCCN)cc3)n2)cc1C#N. The maximum Gasteiger partial charge on any atom is 0.319 e. The number of urea groups is 1.